The van der Waals surface area contributed by atoms with E-state index in [1.165, 1.54) is 0 Å². The second-order valence-corrected chi connectivity index (χ2v) is 5.06. The Kier molecular flexibility index (Phi) is 3.88. The number of hydrogen-bond donors (Lipinski definition) is 1. The largest absolute Gasteiger partial charge is 0.328 e. The van der Waals surface area contributed by atoms with Gasteiger partial charge in [0.05, 0.1) is 12.5 Å². The van der Waals surface area contributed by atoms with Gasteiger partial charge in [-0.2, -0.15) is 5.10 Å². The summed E-state index contributed by atoms with van der Waals surface area (Å²) in [6.07, 6.45) is 6.04. The minimum absolute atomic E-state index is 0.296. The molecule has 2 rings (SSSR count). The first-order valence-corrected chi connectivity index (χ1v) is 6.79. The Morgan fingerprint density at radius 2 is 2.44 bits per heavy atom. The van der Waals surface area contributed by atoms with Crippen LogP contribution < -0.4 is 5.43 Å². The van der Waals surface area contributed by atoms with E-state index in [0.717, 1.165) is 24.7 Å². The molecule has 0 spiro atoms. The summed E-state index contributed by atoms with van der Waals surface area (Å²) in [5.41, 5.74) is 3.49. The molecule has 0 aromatic rings. The smallest absolute Gasteiger partial charge is 0.164 e. The van der Waals surface area contributed by atoms with E-state index in [1.807, 2.05) is 24.1 Å². The lowest BCUT2D eigenvalue weighted by Gasteiger charge is -2.27. The molecule has 0 radical (unpaired) electrons. The Balaban J connectivity index is 2.04. The summed E-state index contributed by atoms with van der Waals surface area (Å²) in [7, 11) is 0. The van der Waals surface area contributed by atoms with Crippen molar-refractivity contribution in [2.45, 2.75) is 19.3 Å². The molecule has 2 aliphatic heterocycles. The lowest BCUT2D eigenvalue weighted by Crippen LogP contribution is -2.41. The molecular weight excluding hydrogens is 220 g/mol. The van der Waals surface area contributed by atoms with Crippen LogP contribution in [0.5, 0.6) is 0 Å². The van der Waals surface area contributed by atoms with Crippen LogP contribution >= 0.6 is 11.8 Å². The van der Waals surface area contributed by atoms with Crippen LogP contribution in [0.4, 0.5) is 0 Å². The molecule has 4 nitrogen and oxygen atoms in total. The van der Waals surface area contributed by atoms with E-state index < -0.39 is 0 Å². The number of thioether (sulfide) groups is 1. The molecule has 2 heterocycles. The monoisotopic (exact) mass is 238 g/mol. The topological polar surface area (TPSA) is 40.0 Å². The predicted octanol–water partition coefficient (Wildman–Crippen LogP) is 1.52. The van der Waals surface area contributed by atoms with Crippen molar-refractivity contribution in [3.8, 4) is 0 Å². The summed E-state index contributed by atoms with van der Waals surface area (Å²) in [5.74, 6) is 2.55. The Morgan fingerprint density at radius 3 is 3.06 bits per heavy atom. The third kappa shape index (κ3) is 2.24. The van der Waals surface area contributed by atoms with E-state index in [4.69, 9.17) is 0 Å². The van der Waals surface area contributed by atoms with Crippen molar-refractivity contribution in [3.63, 3.8) is 0 Å². The number of dihydropyridines is 1. The summed E-state index contributed by atoms with van der Waals surface area (Å²) >= 11 is 1.88. The standard InChI is InChI=1S/C11H18N4S/c1-3-15-10(9-6-5-7-12-8-9)13-14-11(15)16-4-2/h5-7,9,11,14H,3-4,8H2,1-2H3. The molecule has 0 fully saturated rings. The van der Waals surface area contributed by atoms with Gasteiger partial charge in [0.25, 0.3) is 0 Å². The molecule has 0 saturated carbocycles. The van der Waals surface area contributed by atoms with Gasteiger partial charge >= 0.3 is 0 Å². The van der Waals surface area contributed by atoms with Gasteiger partial charge in [-0.05, 0) is 18.8 Å². The van der Waals surface area contributed by atoms with Crippen LogP contribution in [0.2, 0.25) is 0 Å². The van der Waals surface area contributed by atoms with Gasteiger partial charge in [-0.25, -0.2) is 0 Å². The zero-order valence-electron chi connectivity index (χ0n) is 9.76. The van der Waals surface area contributed by atoms with Gasteiger partial charge < -0.3 is 4.90 Å². The summed E-state index contributed by atoms with van der Waals surface area (Å²) in [6, 6.07) is 0. The number of rotatable bonds is 4. The fraction of sp³-hybridized carbons (Fsp3) is 0.636. The van der Waals surface area contributed by atoms with Crippen molar-refractivity contribution in [2.75, 3.05) is 18.8 Å². The average molecular weight is 238 g/mol. The number of hydrogen-bond acceptors (Lipinski definition) is 5. The molecule has 0 bridgehead atoms. The van der Waals surface area contributed by atoms with E-state index >= 15 is 0 Å². The van der Waals surface area contributed by atoms with Gasteiger partial charge in [0.2, 0.25) is 0 Å². The molecule has 2 unspecified atom stereocenters. The van der Waals surface area contributed by atoms with Crippen LogP contribution in [0.25, 0.3) is 0 Å². The molecule has 5 heteroatoms. The maximum absolute atomic E-state index is 4.46. The van der Waals surface area contributed by atoms with Crippen LogP contribution in [0.15, 0.2) is 22.2 Å². The Hall–Kier alpha value is -0.970. The quantitative estimate of drug-likeness (QED) is 0.807. The zero-order chi connectivity index (χ0) is 11.4. The molecule has 0 saturated heterocycles. The number of nitrogens with one attached hydrogen (secondary N) is 1. The molecule has 2 atom stereocenters. The highest BCUT2D eigenvalue weighted by atomic mass is 32.2. The first-order valence-electron chi connectivity index (χ1n) is 5.74. The zero-order valence-corrected chi connectivity index (χ0v) is 10.6. The van der Waals surface area contributed by atoms with Gasteiger partial charge in [-0.1, -0.05) is 13.0 Å². The number of amidine groups is 1. The summed E-state index contributed by atoms with van der Waals surface area (Å²) in [5, 5.41) is 4.46. The molecule has 0 aliphatic carbocycles. The third-order valence-corrected chi connectivity index (χ3v) is 3.71. The highest BCUT2D eigenvalue weighted by Gasteiger charge is 2.30. The summed E-state index contributed by atoms with van der Waals surface area (Å²) < 4.78 is 0. The lowest BCUT2D eigenvalue weighted by molar-refractivity contribution is 0.400. The molecule has 88 valence electrons. The normalized spacial score (nSPS) is 28.1. The van der Waals surface area contributed by atoms with Gasteiger partial charge in [0.15, 0.2) is 5.50 Å². The SMILES string of the molecule is CCSC1NN=C(C2C=CC=NC2)N1CC. The van der Waals surface area contributed by atoms with Crippen molar-refractivity contribution in [2.24, 2.45) is 16.0 Å². The average Bonchev–Trinajstić information content (AvgIpc) is 2.73. The van der Waals surface area contributed by atoms with Crippen molar-refractivity contribution < 1.29 is 0 Å². The first kappa shape index (κ1) is 11.5. The number of aliphatic imine (C=N–C) groups is 1. The van der Waals surface area contributed by atoms with Gasteiger partial charge in [0, 0.05) is 12.8 Å². The molecule has 0 amide bonds. The predicted molar refractivity (Wildman–Crippen MR) is 70.9 cm³/mol. The second kappa shape index (κ2) is 5.39. The fourth-order valence-corrected chi connectivity index (χ4v) is 2.81. The Bertz CT molecular complexity index is 324. The molecule has 0 aromatic carbocycles. The number of nitrogens with zero attached hydrogens (tertiary/aromatic N) is 3. The van der Waals surface area contributed by atoms with Crippen LogP contribution in [0.1, 0.15) is 13.8 Å². The maximum Gasteiger partial charge on any atom is 0.164 e. The van der Waals surface area contributed by atoms with E-state index in [0.29, 0.717) is 11.4 Å². The Labute approximate surface area is 101 Å². The Morgan fingerprint density at radius 1 is 1.56 bits per heavy atom. The summed E-state index contributed by atoms with van der Waals surface area (Å²) in [4.78, 5) is 6.61. The number of hydrazone groups is 1. The van der Waals surface area contributed by atoms with Crippen molar-refractivity contribution in [1.82, 2.24) is 10.3 Å². The fourth-order valence-electron chi connectivity index (χ4n) is 1.93. The van der Waals surface area contributed by atoms with Crippen LogP contribution in [0, 0.1) is 5.92 Å². The minimum atomic E-state index is 0.296. The highest BCUT2D eigenvalue weighted by molar-refractivity contribution is 7.99. The molecule has 16 heavy (non-hydrogen) atoms. The molecule has 2 aliphatic rings. The van der Waals surface area contributed by atoms with E-state index in [-0.39, 0.29) is 0 Å². The van der Waals surface area contributed by atoms with Crippen molar-refractivity contribution in [3.05, 3.63) is 12.2 Å². The van der Waals surface area contributed by atoms with E-state index in [2.05, 4.69) is 40.3 Å². The molecule has 1 N–H and O–H groups in total. The lowest BCUT2D eigenvalue weighted by atomic mass is 10.1. The van der Waals surface area contributed by atoms with Crippen LogP contribution in [-0.2, 0) is 0 Å². The minimum Gasteiger partial charge on any atom is -0.328 e. The van der Waals surface area contributed by atoms with Crippen molar-refractivity contribution in [1.29, 1.82) is 0 Å². The number of allylic oxidation sites excluding steroid dienone is 1. The van der Waals surface area contributed by atoms with Gasteiger partial charge in [0.1, 0.15) is 5.84 Å². The third-order valence-electron chi connectivity index (χ3n) is 2.70. The van der Waals surface area contributed by atoms with E-state index in [9.17, 15) is 0 Å². The van der Waals surface area contributed by atoms with Crippen LogP contribution in [-0.4, -0.2) is 41.3 Å². The maximum atomic E-state index is 4.46. The van der Waals surface area contributed by atoms with Crippen molar-refractivity contribution >= 4 is 23.8 Å². The highest BCUT2D eigenvalue weighted by Crippen LogP contribution is 2.22. The first-order chi connectivity index (χ1) is 7.86. The van der Waals surface area contributed by atoms with E-state index in [1.54, 1.807) is 0 Å². The molecular formula is C11H18N4S. The summed E-state index contributed by atoms with van der Waals surface area (Å²) in [6.45, 7) is 6.14. The van der Waals surface area contributed by atoms with Gasteiger partial charge in [-0.3, -0.25) is 10.4 Å². The van der Waals surface area contributed by atoms with Crippen LogP contribution in [0.3, 0.4) is 0 Å². The second-order valence-electron chi connectivity index (χ2n) is 3.70. The molecule has 0 aromatic heterocycles. The van der Waals surface area contributed by atoms with Gasteiger partial charge in [-0.15, -0.1) is 11.8 Å².